The van der Waals surface area contributed by atoms with Gasteiger partial charge in [-0.2, -0.15) is 0 Å². The van der Waals surface area contributed by atoms with E-state index in [4.69, 9.17) is 9.47 Å². The predicted molar refractivity (Wildman–Crippen MR) is 109 cm³/mol. The van der Waals surface area contributed by atoms with Gasteiger partial charge < -0.3 is 25.2 Å². The molecule has 0 bridgehead atoms. The van der Waals surface area contributed by atoms with Crippen molar-refractivity contribution < 1.29 is 32.6 Å². The number of hydrogen-bond acceptors (Lipinski definition) is 7. The molecule has 3 N–H and O–H groups in total. The van der Waals surface area contributed by atoms with Crippen LogP contribution in [0.3, 0.4) is 0 Å². The minimum atomic E-state index is -3.76. The molecular weight excluding hydrogens is 412 g/mol. The van der Waals surface area contributed by atoms with E-state index >= 15 is 0 Å². The number of rotatable bonds is 10. The van der Waals surface area contributed by atoms with E-state index < -0.39 is 46.8 Å². The van der Waals surface area contributed by atoms with Gasteiger partial charge in [0.15, 0.2) is 9.84 Å². The van der Waals surface area contributed by atoms with Gasteiger partial charge in [0.05, 0.1) is 30.4 Å². The molecule has 162 valence electrons. The summed E-state index contributed by atoms with van der Waals surface area (Å²) in [5, 5.41) is 14.1. The Balaban J connectivity index is 1.81. The van der Waals surface area contributed by atoms with Gasteiger partial charge >= 0.3 is 6.09 Å². The summed E-state index contributed by atoms with van der Waals surface area (Å²) in [7, 11) is -2.29. The summed E-state index contributed by atoms with van der Waals surface area (Å²) < 4.78 is 34.9. The van der Waals surface area contributed by atoms with E-state index in [0.717, 1.165) is 5.56 Å². The summed E-state index contributed by atoms with van der Waals surface area (Å²) in [4.78, 5) is 23.7. The van der Waals surface area contributed by atoms with Gasteiger partial charge in [-0.15, -0.1) is 0 Å². The number of ether oxygens (including phenoxy) is 2. The van der Waals surface area contributed by atoms with E-state index in [1.165, 1.54) is 31.4 Å². The highest BCUT2D eigenvalue weighted by atomic mass is 32.2. The van der Waals surface area contributed by atoms with Crippen molar-refractivity contribution in [2.75, 3.05) is 26.0 Å². The van der Waals surface area contributed by atoms with E-state index in [-0.39, 0.29) is 11.5 Å². The molecule has 0 fully saturated rings. The molecule has 1 atom stereocenters. The minimum absolute atomic E-state index is 0.0404. The van der Waals surface area contributed by atoms with Gasteiger partial charge in [-0.1, -0.05) is 30.3 Å². The zero-order valence-electron chi connectivity index (χ0n) is 16.4. The Morgan fingerprint density at radius 1 is 1.07 bits per heavy atom. The van der Waals surface area contributed by atoms with Crippen LogP contribution in [-0.2, 0) is 26.0 Å². The average Bonchev–Trinajstić information content (AvgIpc) is 2.76. The Labute approximate surface area is 174 Å². The lowest BCUT2D eigenvalue weighted by molar-refractivity contribution is -0.121. The average molecular weight is 436 g/mol. The first kappa shape index (κ1) is 23.2. The summed E-state index contributed by atoms with van der Waals surface area (Å²) >= 11 is 0. The molecule has 1 unspecified atom stereocenters. The van der Waals surface area contributed by atoms with E-state index in [1.807, 2.05) is 6.07 Å². The van der Waals surface area contributed by atoms with Gasteiger partial charge in [-0.05, 0) is 29.8 Å². The number of carbonyl (C=O) groups excluding carboxylic acids is 2. The highest BCUT2D eigenvalue weighted by molar-refractivity contribution is 7.91. The molecule has 0 saturated carbocycles. The number of hydrogen-bond donors (Lipinski definition) is 3. The second-order valence-electron chi connectivity index (χ2n) is 6.32. The van der Waals surface area contributed by atoms with Crippen molar-refractivity contribution in [3.63, 3.8) is 0 Å². The summed E-state index contributed by atoms with van der Waals surface area (Å²) in [6, 6.07) is 13.8. The Kier molecular flexibility index (Phi) is 8.63. The number of nitrogens with one attached hydrogen (secondary N) is 2. The molecule has 2 rings (SSSR count). The van der Waals surface area contributed by atoms with Gasteiger partial charge in [0.25, 0.3) is 0 Å². The molecule has 0 heterocycles. The lowest BCUT2D eigenvalue weighted by Gasteiger charge is -2.17. The highest BCUT2D eigenvalue weighted by Crippen LogP contribution is 2.17. The Morgan fingerprint density at radius 2 is 1.73 bits per heavy atom. The molecule has 10 heteroatoms. The van der Waals surface area contributed by atoms with Crippen molar-refractivity contribution in [1.82, 2.24) is 10.6 Å². The molecular formula is C20H24N2O7S. The normalized spacial score (nSPS) is 11.9. The summed E-state index contributed by atoms with van der Waals surface area (Å²) in [6.07, 6.45) is -0.791. The lowest BCUT2D eigenvalue weighted by Crippen LogP contribution is -2.46. The zero-order chi connectivity index (χ0) is 22.0. The Hall–Kier alpha value is -3.11. The van der Waals surface area contributed by atoms with Crippen molar-refractivity contribution in [3.05, 3.63) is 60.2 Å². The maximum atomic E-state index is 12.5. The van der Waals surface area contributed by atoms with Gasteiger partial charge in [-0.25, -0.2) is 13.2 Å². The van der Waals surface area contributed by atoms with Crippen LogP contribution in [0.15, 0.2) is 59.5 Å². The Bertz CT molecular complexity index is 931. The number of benzene rings is 2. The minimum Gasteiger partial charge on any atom is -0.497 e. The third-order valence-electron chi connectivity index (χ3n) is 4.03. The standard InChI is InChI=1S/C20H24N2O7S/c1-28-17-7-9-18(10-8-17)30(26,27)14-16(12-23)22-19(24)11-21-20(25)29-13-15-5-3-2-4-6-15/h2-10,16,23H,11-14H2,1H3,(H,21,25)(H,22,24). The summed E-state index contributed by atoms with van der Waals surface area (Å²) in [5.74, 6) is -0.651. The fourth-order valence-electron chi connectivity index (χ4n) is 2.49. The fourth-order valence-corrected chi connectivity index (χ4v) is 3.95. The van der Waals surface area contributed by atoms with Gasteiger partial charge in [0.1, 0.15) is 18.9 Å². The number of aliphatic hydroxyl groups is 1. The van der Waals surface area contributed by atoms with E-state index in [0.29, 0.717) is 5.75 Å². The van der Waals surface area contributed by atoms with Crippen molar-refractivity contribution in [2.45, 2.75) is 17.5 Å². The van der Waals surface area contributed by atoms with E-state index in [9.17, 15) is 23.1 Å². The van der Waals surface area contributed by atoms with Crippen LogP contribution in [0.25, 0.3) is 0 Å². The first-order valence-corrected chi connectivity index (χ1v) is 10.7. The topological polar surface area (TPSA) is 131 Å². The smallest absolute Gasteiger partial charge is 0.407 e. The van der Waals surface area contributed by atoms with Crippen LogP contribution in [0.5, 0.6) is 5.75 Å². The molecule has 2 aromatic carbocycles. The van der Waals surface area contributed by atoms with Crippen molar-refractivity contribution >= 4 is 21.8 Å². The van der Waals surface area contributed by atoms with Gasteiger partial charge in [0, 0.05) is 0 Å². The number of carbonyl (C=O) groups is 2. The second-order valence-corrected chi connectivity index (χ2v) is 8.35. The van der Waals surface area contributed by atoms with Crippen molar-refractivity contribution in [1.29, 1.82) is 0 Å². The molecule has 0 aliphatic heterocycles. The first-order valence-electron chi connectivity index (χ1n) is 9.05. The second kappa shape index (κ2) is 11.2. The molecule has 0 saturated heterocycles. The van der Waals surface area contributed by atoms with Crippen LogP contribution in [0.2, 0.25) is 0 Å². The molecule has 0 spiro atoms. The van der Waals surface area contributed by atoms with Crippen LogP contribution in [0.4, 0.5) is 4.79 Å². The fraction of sp³-hybridized carbons (Fsp3) is 0.300. The van der Waals surface area contributed by atoms with E-state index in [1.54, 1.807) is 24.3 Å². The number of amides is 2. The van der Waals surface area contributed by atoms with Crippen molar-refractivity contribution in [3.8, 4) is 5.75 Å². The third kappa shape index (κ3) is 7.37. The number of aliphatic hydroxyl groups excluding tert-OH is 1. The molecule has 2 aromatic rings. The van der Waals surface area contributed by atoms with Crippen LogP contribution in [0.1, 0.15) is 5.56 Å². The number of alkyl carbamates (subject to hydrolysis) is 1. The molecule has 0 radical (unpaired) electrons. The predicted octanol–water partition coefficient (Wildman–Crippen LogP) is 0.872. The summed E-state index contributed by atoms with van der Waals surface area (Å²) in [6.45, 7) is -0.958. The highest BCUT2D eigenvalue weighted by Gasteiger charge is 2.22. The first-order chi connectivity index (χ1) is 14.3. The molecule has 30 heavy (non-hydrogen) atoms. The third-order valence-corrected chi connectivity index (χ3v) is 5.86. The number of sulfone groups is 1. The molecule has 0 aliphatic carbocycles. The largest absolute Gasteiger partial charge is 0.497 e. The Morgan fingerprint density at radius 3 is 2.33 bits per heavy atom. The quantitative estimate of drug-likeness (QED) is 0.504. The van der Waals surface area contributed by atoms with Crippen molar-refractivity contribution in [2.24, 2.45) is 0 Å². The van der Waals surface area contributed by atoms with Crippen LogP contribution in [-0.4, -0.2) is 57.6 Å². The monoisotopic (exact) mass is 436 g/mol. The number of methoxy groups -OCH3 is 1. The lowest BCUT2D eigenvalue weighted by atomic mass is 10.2. The molecule has 0 aliphatic rings. The molecule has 9 nitrogen and oxygen atoms in total. The van der Waals surface area contributed by atoms with E-state index in [2.05, 4.69) is 10.6 Å². The van der Waals surface area contributed by atoms with Crippen LogP contribution < -0.4 is 15.4 Å². The van der Waals surface area contributed by atoms with Crippen LogP contribution in [0, 0.1) is 0 Å². The summed E-state index contributed by atoms with van der Waals surface area (Å²) in [5.41, 5.74) is 0.793. The maximum absolute atomic E-state index is 12.5. The maximum Gasteiger partial charge on any atom is 0.407 e. The van der Waals surface area contributed by atoms with Gasteiger partial charge in [-0.3, -0.25) is 4.79 Å². The van der Waals surface area contributed by atoms with Crippen LogP contribution >= 0.6 is 0 Å². The van der Waals surface area contributed by atoms with Gasteiger partial charge in [0.2, 0.25) is 5.91 Å². The molecule has 0 aromatic heterocycles. The SMILES string of the molecule is COc1ccc(S(=O)(=O)CC(CO)NC(=O)CNC(=O)OCc2ccccc2)cc1. The zero-order valence-corrected chi connectivity index (χ0v) is 17.2. The molecule has 2 amide bonds.